The molecule has 3 rings (SSSR count). The van der Waals surface area contributed by atoms with Crippen LogP contribution < -0.4 is 10.2 Å². The van der Waals surface area contributed by atoms with Crippen molar-refractivity contribution in [3.05, 3.63) is 23.4 Å². The van der Waals surface area contributed by atoms with E-state index in [4.69, 9.17) is 14.5 Å². The van der Waals surface area contributed by atoms with E-state index in [1.807, 2.05) is 26.8 Å². The summed E-state index contributed by atoms with van der Waals surface area (Å²) in [4.78, 5) is 42.7. The minimum atomic E-state index is -0.551. The van der Waals surface area contributed by atoms with Crippen LogP contribution in [0.4, 0.5) is 10.6 Å². The zero-order chi connectivity index (χ0) is 23.3. The average molecular weight is 446 g/mol. The lowest BCUT2D eigenvalue weighted by atomic mass is 9.72. The van der Waals surface area contributed by atoms with Crippen LogP contribution in [0.1, 0.15) is 64.6 Å². The predicted octanol–water partition coefficient (Wildman–Crippen LogP) is 3.41. The van der Waals surface area contributed by atoms with Crippen LogP contribution >= 0.6 is 0 Å². The first-order valence-corrected chi connectivity index (χ1v) is 11.6. The van der Waals surface area contributed by atoms with Gasteiger partial charge in [-0.3, -0.25) is 14.5 Å². The van der Waals surface area contributed by atoms with E-state index in [0.29, 0.717) is 31.4 Å². The third-order valence-electron chi connectivity index (χ3n) is 5.75. The number of ether oxygens (including phenoxy) is 2. The summed E-state index contributed by atoms with van der Waals surface area (Å²) in [7, 11) is 0. The van der Waals surface area contributed by atoms with Crippen molar-refractivity contribution in [1.82, 2.24) is 10.3 Å². The number of amides is 2. The summed E-state index contributed by atoms with van der Waals surface area (Å²) in [5.41, 5.74) is 1.45. The maximum atomic E-state index is 12.7. The van der Waals surface area contributed by atoms with Crippen molar-refractivity contribution in [3.63, 3.8) is 0 Å². The molecule has 0 radical (unpaired) electrons. The van der Waals surface area contributed by atoms with Gasteiger partial charge >= 0.3 is 12.1 Å². The Labute approximate surface area is 190 Å². The van der Waals surface area contributed by atoms with Gasteiger partial charge in [0.2, 0.25) is 5.91 Å². The molecule has 176 valence electrons. The molecule has 0 spiro atoms. The predicted molar refractivity (Wildman–Crippen MR) is 120 cm³/mol. The van der Waals surface area contributed by atoms with E-state index in [2.05, 4.69) is 11.4 Å². The molecule has 2 aliphatic rings. The first kappa shape index (κ1) is 24.0. The molecule has 8 heteroatoms. The van der Waals surface area contributed by atoms with Crippen molar-refractivity contribution in [3.8, 4) is 0 Å². The molecule has 1 aromatic heterocycles. The quantitative estimate of drug-likeness (QED) is 0.646. The van der Waals surface area contributed by atoms with Crippen LogP contribution in [0.15, 0.2) is 12.1 Å². The monoisotopic (exact) mass is 445 g/mol. The maximum absolute atomic E-state index is 12.7. The first-order valence-electron chi connectivity index (χ1n) is 11.6. The first-order chi connectivity index (χ1) is 15.2. The van der Waals surface area contributed by atoms with Gasteiger partial charge in [0.05, 0.1) is 13.0 Å². The van der Waals surface area contributed by atoms with Gasteiger partial charge in [-0.15, -0.1) is 0 Å². The van der Waals surface area contributed by atoms with Crippen molar-refractivity contribution >= 4 is 23.8 Å². The summed E-state index contributed by atoms with van der Waals surface area (Å²) in [5.74, 6) is 0.784. The fourth-order valence-corrected chi connectivity index (χ4v) is 4.16. The average Bonchev–Trinajstić information content (AvgIpc) is 2.68. The van der Waals surface area contributed by atoms with Gasteiger partial charge in [0, 0.05) is 24.7 Å². The number of aryl methyl sites for hydroxylation is 1. The molecular weight excluding hydrogens is 410 g/mol. The van der Waals surface area contributed by atoms with Gasteiger partial charge in [-0.25, -0.2) is 9.78 Å². The van der Waals surface area contributed by atoms with Crippen molar-refractivity contribution in [2.75, 3.05) is 24.6 Å². The molecule has 32 heavy (non-hydrogen) atoms. The largest absolute Gasteiger partial charge is 0.466 e. The summed E-state index contributed by atoms with van der Waals surface area (Å²) in [6, 6.07) is 4.09. The number of fused-ring (bicyclic) bond motifs is 1. The van der Waals surface area contributed by atoms with E-state index in [0.717, 1.165) is 43.4 Å². The summed E-state index contributed by atoms with van der Waals surface area (Å²) in [5, 5.41) is 2.82. The summed E-state index contributed by atoms with van der Waals surface area (Å²) in [6.07, 6.45) is 4.03. The van der Waals surface area contributed by atoms with E-state index >= 15 is 0 Å². The van der Waals surface area contributed by atoms with Gasteiger partial charge < -0.3 is 14.8 Å². The molecule has 1 aliphatic carbocycles. The van der Waals surface area contributed by atoms with Gasteiger partial charge in [0.25, 0.3) is 0 Å². The van der Waals surface area contributed by atoms with Gasteiger partial charge in [-0.1, -0.05) is 6.07 Å². The molecule has 8 nitrogen and oxygen atoms in total. The molecule has 2 heterocycles. The van der Waals surface area contributed by atoms with Crippen molar-refractivity contribution in [2.24, 2.45) is 11.8 Å². The zero-order valence-corrected chi connectivity index (χ0v) is 19.6. The smallest absolute Gasteiger partial charge is 0.416 e. The van der Waals surface area contributed by atoms with Crippen LogP contribution in [-0.2, 0) is 31.9 Å². The Balaban J connectivity index is 1.51. The minimum Gasteiger partial charge on any atom is -0.466 e. The Bertz CT molecular complexity index is 843. The lowest BCUT2D eigenvalue weighted by molar-refractivity contribution is -0.143. The SMILES string of the molecule is CCOC(=O)CCNC(=O)C1CC(Cc2ccc3c(n2)N(C(=O)OC(C)(C)C)CCC3)C1. The van der Waals surface area contributed by atoms with Crippen LogP contribution in [0.5, 0.6) is 0 Å². The van der Waals surface area contributed by atoms with Crippen LogP contribution in [0.2, 0.25) is 0 Å². The highest BCUT2D eigenvalue weighted by Crippen LogP contribution is 2.37. The van der Waals surface area contributed by atoms with E-state index in [1.165, 1.54) is 0 Å². The Morgan fingerprint density at radius 1 is 1.22 bits per heavy atom. The number of anilines is 1. The number of carbonyl (C=O) groups is 3. The van der Waals surface area contributed by atoms with Gasteiger partial charge in [-0.2, -0.15) is 0 Å². The molecule has 1 aromatic rings. The number of carbonyl (C=O) groups excluding carboxylic acids is 3. The Kier molecular flexibility index (Phi) is 7.74. The number of pyridine rings is 1. The highest BCUT2D eigenvalue weighted by Gasteiger charge is 2.35. The van der Waals surface area contributed by atoms with Crippen LogP contribution in [0.25, 0.3) is 0 Å². The van der Waals surface area contributed by atoms with Crippen LogP contribution in [-0.4, -0.2) is 48.3 Å². The number of hydrogen-bond donors (Lipinski definition) is 1. The second-order valence-electron chi connectivity index (χ2n) is 9.61. The topological polar surface area (TPSA) is 97.8 Å². The van der Waals surface area contributed by atoms with Crippen molar-refractivity contribution < 1.29 is 23.9 Å². The number of nitrogens with zero attached hydrogens (tertiary/aromatic N) is 2. The lowest BCUT2D eigenvalue weighted by Crippen LogP contribution is -2.41. The Morgan fingerprint density at radius 2 is 1.97 bits per heavy atom. The van der Waals surface area contributed by atoms with Crippen LogP contribution in [0.3, 0.4) is 0 Å². The van der Waals surface area contributed by atoms with E-state index < -0.39 is 5.60 Å². The second-order valence-corrected chi connectivity index (χ2v) is 9.61. The fourth-order valence-electron chi connectivity index (χ4n) is 4.16. The molecule has 0 bridgehead atoms. The van der Waals surface area contributed by atoms with Gasteiger partial charge in [0.15, 0.2) is 0 Å². The lowest BCUT2D eigenvalue weighted by Gasteiger charge is -2.35. The fraction of sp³-hybridized carbons (Fsp3) is 0.667. The summed E-state index contributed by atoms with van der Waals surface area (Å²) >= 11 is 0. The molecule has 1 fully saturated rings. The molecule has 0 saturated heterocycles. The maximum Gasteiger partial charge on any atom is 0.416 e. The molecule has 0 unspecified atom stereocenters. The number of nitrogens with one attached hydrogen (secondary N) is 1. The van der Waals surface area contributed by atoms with Crippen molar-refractivity contribution in [2.45, 2.75) is 71.8 Å². The van der Waals surface area contributed by atoms with E-state index in [9.17, 15) is 14.4 Å². The van der Waals surface area contributed by atoms with Gasteiger partial charge in [-0.05, 0) is 77.3 Å². The molecular formula is C24H35N3O5. The Morgan fingerprint density at radius 3 is 2.66 bits per heavy atom. The van der Waals surface area contributed by atoms with Gasteiger partial charge in [0.1, 0.15) is 11.4 Å². The minimum absolute atomic E-state index is 0.0000458. The third-order valence-corrected chi connectivity index (χ3v) is 5.75. The number of aromatic nitrogens is 1. The standard InChI is InChI=1S/C24H35N3O5/c1-5-31-20(28)10-11-25-22(29)18-13-16(14-18)15-19-9-8-17-7-6-12-27(21(17)26-19)23(30)32-24(2,3)4/h8-9,16,18H,5-7,10-15H2,1-4H3,(H,25,29). The second kappa shape index (κ2) is 10.3. The van der Waals surface area contributed by atoms with E-state index in [1.54, 1.807) is 11.8 Å². The number of esters is 1. The third kappa shape index (κ3) is 6.43. The molecule has 2 amide bonds. The zero-order valence-electron chi connectivity index (χ0n) is 19.6. The summed E-state index contributed by atoms with van der Waals surface area (Å²) in [6.45, 7) is 8.61. The summed E-state index contributed by atoms with van der Waals surface area (Å²) < 4.78 is 10.4. The number of hydrogen-bond acceptors (Lipinski definition) is 6. The molecule has 0 atom stereocenters. The van der Waals surface area contributed by atoms with Crippen LogP contribution in [0, 0.1) is 11.8 Å². The Hall–Kier alpha value is -2.64. The molecule has 1 saturated carbocycles. The molecule has 0 aromatic carbocycles. The highest BCUT2D eigenvalue weighted by molar-refractivity contribution is 5.88. The number of rotatable bonds is 7. The van der Waals surface area contributed by atoms with Crippen molar-refractivity contribution in [1.29, 1.82) is 0 Å². The highest BCUT2D eigenvalue weighted by atomic mass is 16.6. The molecule has 1 aliphatic heterocycles. The normalized spacial score (nSPS) is 20.1. The molecule has 1 N–H and O–H groups in total. The van der Waals surface area contributed by atoms with E-state index in [-0.39, 0.29) is 30.3 Å².